The van der Waals surface area contributed by atoms with Gasteiger partial charge >= 0.3 is 5.97 Å². The van der Waals surface area contributed by atoms with Crippen LogP contribution in [0.25, 0.3) is 0 Å². The summed E-state index contributed by atoms with van der Waals surface area (Å²) in [6.45, 7) is 1.70. The Morgan fingerprint density at radius 2 is 1.90 bits per heavy atom. The highest BCUT2D eigenvalue weighted by Gasteiger charge is 2.14. The minimum absolute atomic E-state index is 0.000177. The number of pyridine rings is 1. The summed E-state index contributed by atoms with van der Waals surface area (Å²) in [7, 11) is 0. The third kappa shape index (κ3) is 3.51. The van der Waals surface area contributed by atoms with Crippen molar-refractivity contribution in [3.63, 3.8) is 0 Å². The van der Waals surface area contributed by atoms with Gasteiger partial charge in [0.25, 0.3) is 5.91 Å². The number of aromatic carboxylic acids is 1. The summed E-state index contributed by atoms with van der Waals surface area (Å²) in [5.74, 6) is -1.48. The number of halogens is 2. The molecule has 2 N–H and O–H groups in total. The number of rotatable bonds is 3. The van der Waals surface area contributed by atoms with Crippen molar-refractivity contribution >= 4 is 40.8 Å². The molecule has 0 atom stereocenters. The van der Waals surface area contributed by atoms with Gasteiger partial charge in [-0.2, -0.15) is 0 Å². The fourth-order valence-corrected chi connectivity index (χ4v) is 2.14. The molecule has 2 rings (SSSR count). The van der Waals surface area contributed by atoms with Gasteiger partial charge in [0.15, 0.2) is 0 Å². The maximum Gasteiger partial charge on any atom is 0.335 e. The van der Waals surface area contributed by atoms with E-state index in [1.54, 1.807) is 6.92 Å². The molecule has 0 aliphatic rings. The van der Waals surface area contributed by atoms with E-state index in [-0.39, 0.29) is 21.4 Å². The zero-order chi connectivity index (χ0) is 15.6. The molecule has 0 spiro atoms. The lowest BCUT2D eigenvalue weighted by atomic mass is 10.1. The van der Waals surface area contributed by atoms with Gasteiger partial charge in [-0.25, -0.2) is 9.78 Å². The first-order chi connectivity index (χ1) is 9.88. The molecule has 0 radical (unpaired) electrons. The Balaban J connectivity index is 2.25. The number of benzene rings is 1. The number of carbonyl (C=O) groups excluding carboxylic acids is 1. The first-order valence-electron chi connectivity index (χ1n) is 5.86. The molecule has 0 fully saturated rings. The van der Waals surface area contributed by atoms with Crippen LogP contribution < -0.4 is 5.32 Å². The van der Waals surface area contributed by atoms with Gasteiger partial charge in [-0.1, -0.05) is 23.2 Å². The molecule has 1 heterocycles. The third-order valence-electron chi connectivity index (χ3n) is 2.78. The van der Waals surface area contributed by atoms with Gasteiger partial charge < -0.3 is 10.4 Å². The maximum atomic E-state index is 12.1. The maximum absolute atomic E-state index is 12.1. The molecule has 21 heavy (non-hydrogen) atoms. The number of carboxylic acids is 1. The zero-order valence-electron chi connectivity index (χ0n) is 10.9. The van der Waals surface area contributed by atoms with Crippen molar-refractivity contribution < 1.29 is 14.7 Å². The molecule has 1 aromatic carbocycles. The minimum Gasteiger partial charge on any atom is -0.478 e. The predicted octanol–water partition coefficient (Wildman–Crippen LogP) is 3.65. The molecule has 1 amide bonds. The van der Waals surface area contributed by atoms with Crippen LogP contribution in [-0.4, -0.2) is 22.0 Å². The highest BCUT2D eigenvalue weighted by atomic mass is 35.5. The van der Waals surface area contributed by atoms with Gasteiger partial charge in [-0.3, -0.25) is 4.79 Å². The number of aromatic nitrogens is 1. The van der Waals surface area contributed by atoms with E-state index < -0.39 is 11.9 Å². The van der Waals surface area contributed by atoms with Crippen molar-refractivity contribution in [3.05, 3.63) is 57.3 Å². The molecule has 108 valence electrons. The molecule has 1 aromatic heterocycles. The fourth-order valence-electron chi connectivity index (χ4n) is 1.71. The smallest absolute Gasteiger partial charge is 0.335 e. The normalized spacial score (nSPS) is 10.2. The highest BCUT2D eigenvalue weighted by Crippen LogP contribution is 2.21. The Hall–Kier alpha value is -2.11. The van der Waals surface area contributed by atoms with E-state index in [9.17, 15) is 9.59 Å². The summed E-state index contributed by atoms with van der Waals surface area (Å²) in [4.78, 5) is 26.8. The van der Waals surface area contributed by atoms with Gasteiger partial charge in [-0.05, 0) is 42.8 Å². The van der Waals surface area contributed by atoms with Crippen LogP contribution in [0.2, 0.25) is 10.3 Å². The van der Waals surface area contributed by atoms with Crippen molar-refractivity contribution in [2.24, 2.45) is 0 Å². The van der Waals surface area contributed by atoms with Crippen LogP contribution in [0.3, 0.4) is 0 Å². The van der Waals surface area contributed by atoms with Crippen LogP contribution in [-0.2, 0) is 0 Å². The van der Waals surface area contributed by atoms with Crippen molar-refractivity contribution in [1.29, 1.82) is 0 Å². The lowest BCUT2D eigenvalue weighted by molar-refractivity contribution is 0.0696. The molecule has 5 nitrogen and oxygen atoms in total. The van der Waals surface area contributed by atoms with Gasteiger partial charge in [0.05, 0.1) is 11.1 Å². The quantitative estimate of drug-likeness (QED) is 0.844. The summed E-state index contributed by atoms with van der Waals surface area (Å²) in [5, 5.41) is 11.7. The van der Waals surface area contributed by atoms with Crippen LogP contribution in [0.1, 0.15) is 26.3 Å². The number of hydrogen-bond acceptors (Lipinski definition) is 3. The summed E-state index contributed by atoms with van der Waals surface area (Å²) in [6, 6.07) is 7.33. The molecule has 7 heteroatoms. The molecule has 0 saturated carbocycles. The van der Waals surface area contributed by atoms with Crippen molar-refractivity contribution in [2.45, 2.75) is 6.92 Å². The Kier molecular flexibility index (Phi) is 4.45. The molecular weight excluding hydrogens is 315 g/mol. The Labute approximate surface area is 130 Å². The van der Waals surface area contributed by atoms with Gasteiger partial charge in [0, 0.05) is 5.69 Å². The zero-order valence-corrected chi connectivity index (χ0v) is 12.4. The minimum atomic E-state index is -1.03. The second-order valence-electron chi connectivity index (χ2n) is 4.26. The highest BCUT2D eigenvalue weighted by molar-refractivity contribution is 6.35. The largest absolute Gasteiger partial charge is 0.478 e. The Bertz CT molecular complexity index is 732. The van der Waals surface area contributed by atoms with Gasteiger partial charge in [0.1, 0.15) is 10.3 Å². The van der Waals surface area contributed by atoms with Crippen LogP contribution in [0.4, 0.5) is 5.69 Å². The number of aryl methyl sites for hydroxylation is 1. The number of amides is 1. The number of anilines is 1. The first-order valence-corrected chi connectivity index (χ1v) is 6.61. The number of nitrogens with zero attached hydrogens (tertiary/aromatic N) is 1. The van der Waals surface area contributed by atoms with Crippen LogP contribution in [0, 0.1) is 6.92 Å². The lowest BCUT2D eigenvalue weighted by Gasteiger charge is -2.10. The molecule has 0 aliphatic heterocycles. The summed E-state index contributed by atoms with van der Waals surface area (Å²) >= 11 is 11.5. The average molecular weight is 325 g/mol. The molecule has 2 aromatic rings. The monoisotopic (exact) mass is 324 g/mol. The predicted molar refractivity (Wildman–Crippen MR) is 80.3 cm³/mol. The van der Waals surface area contributed by atoms with Crippen molar-refractivity contribution in [3.8, 4) is 0 Å². The Morgan fingerprint density at radius 3 is 2.48 bits per heavy atom. The first kappa shape index (κ1) is 15.3. The van der Waals surface area contributed by atoms with E-state index in [0.717, 1.165) is 0 Å². The molecular formula is C14H10Cl2N2O3. The van der Waals surface area contributed by atoms with E-state index in [1.165, 1.54) is 30.3 Å². The van der Waals surface area contributed by atoms with Gasteiger partial charge in [-0.15, -0.1) is 0 Å². The summed E-state index contributed by atoms with van der Waals surface area (Å²) in [6.07, 6.45) is 0. The van der Waals surface area contributed by atoms with E-state index in [1.807, 2.05) is 0 Å². The number of hydrogen-bond donors (Lipinski definition) is 2. The number of carbonyl (C=O) groups is 2. The molecule has 0 bridgehead atoms. The molecule has 0 unspecified atom stereocenters. The lowest BCUT2D eigenvalue weighted by Crippen LogP contribution is -2.14. The SMILES string of the molecule is Cc1cc(C(=O)O)ccc1NC(=O)c1ccc(Cl)nc1Cl. The third-order valence-corrected chi connectivity index (χ3v) is 3.28. The summed E-state index contributed by atoms with van der Waals surface area (Å²) < 4.78 is 0. The number of nitrogens with one attached hydrogen (secondary N) is 1. The van der Waals surface area contributed by atoms with Crippen LogP contribution in [0.15, 0.2) is 30.3 Å². The molecule has 0 saturated heterocycles. The topological polar surface area (TPSA) is 79.3 Å². The second kappa shape index (κ2) is 6.11. The van der Waals surface area contributed by atoms with Crippen LogP contribution >= 0.6 is 23.2 Å². The van der Waals surface area contributed by atoms with Crippen molar-refractivity contribution in [1.82, 2.24) is 4.98 Å². The fraction of sp³-hybridized carbons (Fsp3) is 0.0714. The van der Waals surface area contributed by atoms with Gasteiger partial charge in [0.2, 0.25) is 0 Å². The molecule has 0 aliphatic carbocycles. The van der Waals surface area contributed by atoms with Crippen LogP contribution in [0.5, 0.6) is 0 Å². The van der Waals surface area contributed by atoms with E-state index in [0.29, 0.717) is 11.3 Å². The van der Waals surface area contributed by atoms with E-state index >= 15 is 0 Å². The van der Waals surface area contributed by atoms with E-state index in [4.69, 9.17) is 28.3 Å². The van der Waals surface area contributed by atoms with Crippen molar-refractivity contribution in [2.75, 3.05) is 5.32 Å². The second-order valence-corrected chi connectivity index (χ2v) is 5.01. The van der Waals surface area contributed by atoms with E-state index in [2.05, 4.69) is 10.3 Å². The summed E-state index contributed by atoms with van der Waals surface area (Å²) in [5.41, 5.74) is 1.46. The number of carboxylic acid groups (broad SMARTS) is 1. The standard InChI is InChI=1S/C14H10Cl2N2O3/c1-7-6-8(14(20)21)2-4-10(7)17-13(19)9-3-5-11(15)18-12(9)16/h2-6H,1H3,(H,17,19)(H,20,21). The average Bonchev–Trinajstić information content (AvgIpc) is 2.40. The Morgan fingerprint density at radius 1 is 1.19 bits per heavy atom.